The van der Waals surface area contributed by atoms with Gasteiger partial charge in [0.2, 0.25) is 0 Å². The molecule has 6 heteroatoms. The van der Waals surface area contributed by atoms with Crippen LogP contribution in [0.15, 0.2) is 41.0 Å². The molecule has 1 aromatic heterocycles. The number of nitrogen functional groups attached to an aromatic ring is 1. The maximum Gasteiger partial charge on any atom is 0.256 e. The molecule has 2 aromatic rings. The first-order chi connectivity index (χ1) is 8.56. The van der Waals surface area contributed by atoms with E-state index in [0.717, 1.165) is 4.47 Å². The van der Waals surface area contributed by atoms with Gasteiger partial charge < -0.3 is 11.1 Å². The minimum absolute atomic E-state index is 0.276. The molecule has 0 bridgehead atoms. The fourth-order valence-corrected chi connectivity index (χ4v) is 1.73. The highest BCUT2D eigenvalue weighted by atomic mass is 79.9. The fraction of sp³-hybridized carbons (Fsp3) is 0. The minimum atomic E-state index is -0.276. The summed E-state index contributed by atoms with van der Waals surface area (Å²) in [7, 11) is 0. The first-order valence-corrected chi connectivity index (χ1v) is 6.21. The van der Waals surface area contributed by atoms with Crippen LogP contribution in [0.25, 0.3) is 0 Å². The minimum Gasteiger partial charge on any atom is -0.397 e. The van der Waals surface area contributed by atoms with Gasteiger partial charge in [-0.2, -0.15) is 0 Å². The molecule has 0 saturated heterocycles. The molecule has 0 aliphatic heterocycles. The number of pyridine rings is 1. The summed E-state index contributed by atoms with van der Waals surface area (Å²) >= 11 is 9.19. The summed E-state index contributed by atoms with van der Waals surface area (Å²) in [5.41, 5.74) is 6.51. The molecule has 4 nitrogen and oxygen atoms in total. The van der Waals surface area contributed by atoms with Crippen molar-refractivity contribution in [3.05, 3.63) is 51.6 Å². The van der Waals surface area contributed by atoms with Crippen molar-refractivity contribution in [1.29, 1.82) is 0 Å². The molecule has 0 spiro atoms. The molecular formula is C12H9BrClN3O. The summed E-state index contributed by atoms with van der Waals surface area (Å²) in [6, 6.07) is 8.26. The summed E-state index contributed by atoms with van der Waals surface area (Å²) in [6.07, 6.45) is 1.48. The lowest BCUT2D eigenvalue weighted by Crippen LogP contribution is -2.12. The van der Waals surface area contributed by atoms with Gasteiger partial charge in [-0.25, -0.2) is 4.98 Å². The largest absolute Gasteiger partial charge is 0.397 e. The zero-order chi connectivity index (χ0) is 13.1. The van der Waals surface area contributed by atoms with E-state index in [9.17, 15) is 4.79 Å². The molecule has 1 heterocycles. The van der Waals surface area contributed by atoms with E-state index < -0.39 is 0 Å². The zero-order valence-corrected chi connectivity index (χ0v) is 11.5. The predicted molar refractivity (Wildman–Crippen MR) is 75.8 cm³/mol. The number of nitrogens with two attached hydrogens (primary N) is 1. The molecule has 3 N–H and O–H groups in total. The van der Waals surface area contributed by atoms with Gasteiger partial charge in [-0.15, -0.1) is 0 Å². The Morgan fingerprint density at radius 1 is 1.33 bits per heavy atom. The third-order valence-corrected chi connectivity index (χ3v) is 3.44. The Balaban J connectivity index is 2.16. The van der Waals surface area contributed by atoms with E-state index in [1.807, 2.05) is 0 Å². The molecule has 0 unspecified atom stereocenters. The lowest BCUT2D eigenvalue weighted by Gasteiger charge is -2.05. The van der Waals surface area contributed by atoms with E-state index in [-0.39, 0.29) is 5.91 Å². The van der Waals surface area contributed by atoms with Crippen molar-refractivity contribution >= 4 is 44.9 Å². The van der Waals surface area contributed by atoms with Crippen molar-refractivity contribution in [2.45, 2.75) is 0 Å². The molecular weight excluding hydrogens is 318 g/mol. The molecule has 2 rings (SSSR count). The number of carbonyl (C=O) groups excluding carboxylic acids is 1. The Hall–Kier alpha value is -1.59. The molecule has 0 aliphatic carbocycles. The molecule has 1 amide bonds. The maximum absolute atomic E-state index is 11.9. The van der Waals surface area contributed by atoms with E-state index in [0.29, 0.717) is 22.1 Å². The first kappa shape index (κ1) is 12.9. The SMILES string of the molecule is Nc1ccc(NC(=O)c2ccc(Br)c(Cl)c2)nc1. The average molecular weight is 327 g/mol. The number of halogens is 2. The van der Waals surface area contributed by atoms with Crippen molar-refractivity contribution in [2.24, 2.45) is 0 Å². The number of benzene rings is 1. The maximum atomic E-state index is 11.9. The Morgan fingerprint density at radius 3 is 2.72 bits per heavy atom. The standard InChI is InChI=1S/C12H9BrClN3O/c13-9-3-1-7(5-10(9)14)12(18)17-11-4-2-8(15)6-16-11/h1-6H,15H2,(H,16,17,18). The van der Waals surface area contributed by atoms with Crippen molar-refractivity contribution < 1.29 is 4.79 Å². The van der Waals surface area contributed by atoms with Gasteiger partial charge in [-0.05, 0) is 46.3 Å². The topological polar surface area (TPSA) is 68.0 Å². The van der Waals surface area contributed by atoms with Gasteiger partial charge in [0.25, 0.3) is 5.91 Å². The van der Waals surface area contributed by atoms with E-state index >= 15 is 0 Å². The lowest BCUT2D eigenvalue weighted by molar-refractivity contribution is 0.102. The number of amides is 1. The number of carbonyl (C=O) groups is 1. The molecule has 0 saturated carbocycles. The van der Waals surface area contributed by atoms with Gasteiger partial charge in [0, 0.05) is 10.0 Å². The molecule has 0 radical (unpaired) electrons. The Kier molecular flexibility index (Phi) is 3.84. The van der Waals surface area contributed by atoms with Crippen LogP contribution in [-0.2, 0) is 0 Å². The van der Waals surface area contributed by atoms with E-state index in [1.54, 1.807) is 30.3 Å². The zero-order valence-electron chi connectivity index (χ0n) is 9.15. The molecule has 0 atom stereocenters. The van der Waals surface area contributed by atoms with Crippen molar-refractivity contribution in [3.8, 4) is 0 Å². The van der Waals surface area contributed by atoms with Crippen LogP contribution in [0.5, 0.6) is 0 Å². The van der Waals surface area contributed by atoms with Gasteiger partial charge in [0.05, 0.1) is 16.9 Å². The predicted octanol–water partition coefficient (Wildman–Crippen LogP) is 3.33. The lowest BCUT2D eigenvalue weighted by atomic mass is 10.2. The smallest absolute Gasteiger partial charge is 0.256 e. The molecule has 18 heavy (non-hydrogen) atoms. The number of aromatic nitrogens is 1. The van der Waals surface area contributed by atoms with E-state index in [1.165, 1.54) is 6.20 Å². The van der Waals surface area contributed by atoms with Crippen LogP contribution < -0.4 is 11.1 Å². The summed E-state index contributed by atoms with van der Waals surface area (Å²) in [5, 5.41) is 3.13. The quantitative estimate of drug-likeness (QED) is 0.889. The third kappa shape index (κ3) is 3.00. The summed E-state index contributed by atoms with van der Waals surface area (Å²) in [5.74, 6) is 0.162. The highest BCUT2D eigenvalue weighted by Gasteiger charge is 2.08. The Bertz CT molecular complexity index is 586. The number of anilines is 2. The first-order valence-electron chi connectivity index (χ1n) is 5.04. The van der Waals surface area contributed by atoms with Crippen LogP contribution in [0.3, 0.4) is 0 Å². The van der Waals surface area contributed by atoms with Gasteiger partial charge >= 0.3 is 0 Å². The van der Waals surface area contributed by atoms with Crippen molar-refractivity contribution in [2.75, 3.05) is 11.1 Å². The summed E-state index contributed by atoms with van der Waals surface area (Å²) in [6.45, 7) is 0. The van der Waals surface area contributed by atoms with Gasteiger partial charge in [-0.3, -0.25) is 4.79 Å². The van der Waals surface area contributed by atoms with Crippen LogP contribution >= 0.6 is 27.5 Å². The second kappa shape index (κ2) is 5.37. The van der Waals surface area contributed by atoms with Crippen LogP contribution in [0.1, 0.15) is 10.4 Å². The monoisotopic (exact) mass is 325 g/mol. The molecule has 0 fully saturated rings. The van der Waals surface area contributed by atoms with Crippen molar-refractivity contribution in [3.63, 3.8) is 0 Å². The average Bonchev–Trinajstić information content (AvgIpc) is 2.35. The highest BCUT2D eigenvalue weighted by molar-refractivity contribution is 9.10. The van der Waals surface area contributed by atoms with E-state index in [2.05, 4.69) is 26.2 Å². The second-order valence-electron chi connectivity index (χ2n) is 3.56. The highest BCUT2D eigenvalue weighted by Crippen LogP contribution is 2.23. The number of rotatable bonds is 2. The van der Waals surface area contributed by atoms with Gasteiger partial charge in [-0.1, -0.05) is 11.6 Å². The van der Waals surface area contributed by atoms with Gasteiger partial charge in [0.1, 0.15) is 5.82 Å². The molecule has 92 valence electrons. The second-order valence-corrected chi connectivity index (χ2v) is 4.82. The molecule has 0 aliphatic rings. The van der Waals surface area contributed by atoms with E-state index in [4.69, 9.17) is 17.3 Å². The summed E-state index contributed by atoms with van der Waals surface area (Å²) < 4.78 is 0.742. The van der Waals surface area contributed by atoms with Crippen LogP contribution in [0.4, 0.5) is 11.5 Å². The number of nitrogens with one attached hydrogen (secondary N) is 1. The third-order valence-electron chi connectivity index (χ3n) is 2.21. The van der Waals surface area contributed by atoms with Gasteiger partial charge in [0.15, 0.2) is 0 Å². The van der Waals surface area contributed by atoms with Crippen molar-refractivity contribution in [1.82, 2.24) is 4.98 Å². The number of nitrogens with zero attached hydrogens (tertiary/aromatic N) is 1. The van der Waals surface area contributed by atoms with Crippen LogP contribution in [-0.4, -0.2) is 10.9 Å². The number of hydrogen-bond acceptors (Lipinski definition) is 3. The normalized spacial score (nSPS) is 10.1. The number of hydrogen-bond donors (Lipinski definition) is 2. The summed E-state index contributed by atoms with van der Waals surface area (Å²) in [4.78, 5) is 15.9. The van der Waals surface area contributed by atoms with Crippen LogP contribution in [0, 0.1) is 0 Å². The Labute approximate surface area is 117 Å². The Morgan fingerprint density at radius 2 is 2.11 bits per heavy atom. The fourth-order valence-electron chi connectivity index (χ4n) is 1.31. The van der Waals surface area contributed by atoms with Crippen LogP contribution in [0.2, 0.25) is 5.02 Å². The molecule has 1 aromatic carbocycles.